The minimum atomic E-state index is -1.23. The minimum absolute atomic E-state index is 0.0914. The van der Waals surface area contributed by atoms with Crippen LogP contribution < -0.4 is 20.7 Å². The Bertz CT molecular complexity index is 1270. The van der Waals surface area contributed by atoms with Crippen molar-refractivity contribution in [3.8, 4) is 23.1 Å². The third-order valence-electron chi connectivity index (χ3n) is 4.96. The van der Waals surface area contributed by atoms with E-state index in [1.807, 2.05) is 6.92 Å². The number of ether oxygens (including phenoxy) is 3. The van der Waals surface area contributed by atoms with Crippen molar-refractivity contribution in [1.82, 2.24) is 9.55 Å². The Balaban J connectivity index is 1.95. The Morgan fingerprint density at radius 2 is 1.73 bits per heavy atom. The highest BCUT2D eigenvalue weighted by molar-refractivity contribution is 5.98. The first-order chi connectivity index (χ1) is 14.4. The molecule has 0 aliphatic carbocycles. The SMILES string of the molecule is COc1ccc2c(c1OC)C(=O)OC2c1c(O)n(-c2ccc(C)cc2)c(=O)[nH]c1=O. The summed E-state index contributed by atoms with van der Waals surface area (Å²) in [5.74, 6) is -0.882. The van der Waals surface area contributed by atoms with Crippen LogP contribution in [0.1, 0.15) is 33.2 Å². The van der Waals surface area contributed by atoms with Gasteiger partial charge in [0.15, 0.2) is 17.6 Å². The molecule has 9 nitrogen and oxygen atoms in total. The second-order valence-corrected chi connectivity index (χ2v) is 6.72. The van der Waals surface area contributed by atoms with E-state index in [0.717, 1.165) is 10.1 Å². The summed E-state index contributed by atoms with van der Waals surface area (Å²) in [4.78, 5) is 39.8. The summed E-state index contributed by atoms with van der Waals surface area (Å²) in [7, 11) is 2.80. The molecular weight excluding hydrogens is 392 g/mol. The molecule has 0 saturated carbocycles. The summed E-state index contributed by atoms with van der Waals surface area (Å²) in [6.07, 6.45) is -1.23. The number of hydrogen-bond acceptors (Lipinski definition) is 7. The lowest BCUT2D eigenvalue weighted by Gasteiger charge is -2.16. The van der Waals surface area contributed by atoms with Crippen molar-refractivity contribution in [1.29, 1.82) is 0 Å². The molecule has 1 aliphatic heterocycles. The maximum Gasteiger partial charge on any atom is 0.343 e. The number of carbonyl (C=O) groups excluding carboxylic acids is 1. The highest BCUT2D eigenvalue weighted by atomic mass is 16.6. The predicted octanol–water partition coefficient (Wildman–Crippen LogP) is 1.82. The molecule has 2 N–H and O–H groups in total. The highest BCUT2D eigenvalue weighted by Gasteiger charge is 2.40. The van der Waals surface area contributed by atoms with Crippen LogP contribution in [0, 0.1) is 6.92 Å². The summed E-state index contributed by atoms with van der Waals surface area (Å²) in [6.45, 7) is 1.88. The van der Waals surface area contributed by atoms with Crippen molar-refractivity contribution >= 4 is 5.97 Å². The standard InChI is InChI=1S/C21H18N2O7/c1-10-4-6-11(7-5-10)23-19(25)15(18(24)22-21(23)27)16-12-8-9-13(28-2)17(29-3)14(12)20(26)30-16/h4-9,16,25H,1-3H3,(H,22,24,27). The molecule has 9 heteroatoms. The maximum atomic E-state index is 12.6. The van der Waals surface area contributed by atoms with Gasteiger partial charge >= 0.3 is 11.7 Å². The van der Waals surface area contributed by atoms with Gasteiger partial charge in [0.1, 0.15) is 11.1 Å². The van der Waals surface area contributed by atoms with Gasteiger partial charge in [-0.25, -0.2) is 14.2 Å². The van der Waals surface area contributed by atoms with Gasteiger partial charge in [-0.15, -0.1) is 0 Å². The van der Waals surface area contributed by atoms with Gasteiger partial charge in [0.25, 0.3) is 5.56 Å². The monoisotopic (exact) mass is 410 g/mol. The second-order valence-electron chi connectivity index (χ2n) is 6.72. The summed E-state index contributed by atoms with van der Waals surface area (Å²) < 4.78 is 16.8. The van der Waals surface area contributed by atoms with E-state index in [1.54, 1.807) is 36.4 Å². The molecule has 30 heavy (non-hydrogen) atoms. The fraction of sp³-hybridized carbons (Fsp3) is 0.190. The molecule has 154 valence electrons. The van der Waals surface area contributed by atoms with E-state index in [2.05, 4.69) is 4.98 Å². The van der Waals surface area contributed by atoms with Crippen molar-refractivity contribution in [3.63, 3.8) is 0 Å². The number of carbonyl (C=O) groups is 1. The third kappa shape index (κ3) is 2.83. The number of aryl methyl sites for hydroxylation is 1. The fourth-order valence-electron chi connectivity index (χ4n) is 3.52. The van der Waals surface area contributed by atoms with Crippen LogP contribution in [-0.2, 0) is 4.74 Å². The van der Waals surface area contributed by atoms with E-state index in [4.69, 9.17) is 14.2 Å². The molecule has 3 aromatic rings. The van der Waals surface area contributed by atoms with Crippen LogP contribution in [0.25, 0.3) is 5.69 Å². The predicted molar refractivity (Wildman–Crippen MR) is 106 cm³/mol. The van der Waals surface area contributed by atoms with Gasteiger partial charge in [0, 0.05) is 5.56 Å². The van der Waals surface area contributed by atoms with Gasteiger partial charge in [0.2, 0.25) is 5.88 Å². The lowest BCUT2D eigenvalue weighted by atomic mass is 9.99. The number of hydrogen-bond donors (Lipinski definition) is 2. The topological polar surface area (TPSA) is 120 Å². The number of aromatic hydroxyl groups is 1. The summed E-state index contributed by atoms with van der Waals surface area (Å²) in [5, 5.41) is 10.9. The quantitative estimate of drug-likeness (QED) is 0.630. The molecule has 0 amide bonds. The highest BCUT2D eigenvalue weighted by Crippen LogP contribution is 2.45. The summed E-state index contributed by atoms with van der Waals surface area (Å²) >= 11 is 0. The Kier molecular flexibility index (Phi) is 4.57. The van der Waals surface area contributed by atoms with Crippen LogP contribution in [0.15, 0.2) is 46.0 Å². The first kappa shape index (κ1) is 19.3. The molecule has 1 unspecified atom stereocenters. The van der Waals surface area contributed by atoms with Crippen molar-refractivity contribution in [3.05, 3.63) is 79.5 Å². The van der Waals surface area contributed by atoms with E-state index >= 15 is 0 Å². The van der Waals surface area contributed by atoms with Crippen LogP contribution in [0.3, 0.4) is 0 Å². The average molecular weight is 410 g/mol. The van der Waals surface area contributed by atoms with Crippen LogP contribution in [0.4, 0.5) is 0 Å². The molecule has 1 atom stereocenters. The van der Waals surface area contributed by atoms with Crippen LogP contribution in [0.2, 0.25) is 0 Å². The third-order valence-corrected chi connectivity index (χ3v) is 4.96. The zero-order valence-electron chi connectivity index (χ0n) is 16.4. The number of aromatic amines is 1. The van der Waals surface area contributed by atoms with Crippen molar-refractivity contribution in [2.45, 2.75) is 13.0 Å². The fourth-order valence-corrected chi connectivity index (χ4v) is 3.52. The van der Waals surface area contributed by atoms with E-state index in [0.29, 0.717) is 17.0 Å². The molecule has 0 bridgehead atoms. The number of methoxy groups -OCH3 is 2. The minimum Gasteiger partial charge on any atom is -0.494 e. The maximum absolute atomic E-state index is 12.6. The molecule has 4 rings (SSSR count). The van der Waals surface area contributed by atoms with E-state index in [9.17, 15) is 19.5 Å². The Morgan fingerprint density at radius 3 is 2.37 bits per heavy atom. The molecule has 0 spiro atoms. The molecule has 1 aromatic heterocycles. The molecule has 1 aliphatic rings. The largest absolute Gasteiger partial charge is 0.494 e. The van der Waals surface area contributed by atoms with Crippen molar-refractivity contribution in [2.75, 3.05) is 14.2 Å². The first-order valence-electron chi connectivity index (χ1n) is 8.98. The van der Waals surface area contributed by atoms with E-state index < -0.39 is 29.2 Å². The van der Waals surface area contributed by atoms with Gasteiger partial charge in [-0.05, 0) is 25.1 Å². The molecular formula is C21H18N2O7. The number of fused-ring (bicyclic) bond motifs is 1. The Hall–Kier alpha value is -4.01. The van der Waals surface area contributed by atoms with Crippen LogP contribution >= 0.6 is 0 Å². The first-order valence-corrected chi connectivity index (χ1v) is 8.98. The zero-order valence-corrected chi connectivity index (χ0v) is 16.4. The number of nitrogens with zero attached hydrogens (tertiary/aromatic N) is 1. The number of H-pyrrole nitrogens is 1. The van der Waals surface area contributed by atoms with Gasteiger partial charge in [-0.1, -0.05) is 23.8 Å². The Morgan fingerprint density at radius 1 is 1.03 bits per heavy atom. The number of cyclic esters (lactones) is 1. The molecule has 0 saturated heterocycles. The smallest absolute Gasteiger partial charge is 0.343 e. The van der Waals surface area contributed by atoms with E-state index in [1.165, 1.54) is 14.2 Å². The summed E-state index contributed by atoms with van der Waals surface area (Å²) in [6, 6.07) is 9.88. The number of esters is 1. The average Bonchev–Trinajstić information content (AvgIpc) is 3.04. The molecule has 0 fully saturated rings. The lowest BCUT2D eigenvalue weighted by molar-refractivity contribution is 0.0447. The van der Waals surface area contributed by atoms with E-state index in [-0.39, 0.29) is 16.9 Å². The normalized spacial score (nSPS) is 14.9. The molecule has 2 aromatic carbocycles. The number of benzene rings is 2. The van der Waals surface area contributed by atoms with Gasteiger partial charge in [0.05, 0.1) is 19.9 Å². The number of rotatable bonds is 4. The molecule has 2 heterocycles. The number of aromatic nitrogens is 2. The van der Waals surface area contributed by atoms with Crippen molar-refractivity contribution in [2.24, 2.45) is 0 Å². The van der Waals surface area contributed by atoms with Gasteiger partial charge in [-0.2, -0.15) is 0 Å². The second kappa shape index (κ2) is 7.11. The van der Waals surface area contributed by atoms with Gasteiger partial charge in [-0.3, -0.25) is 9.78 Å². The number of nitrogens with one attached hydrogen (secondary N) is 1. The van der Waals surface area contributed by atoms with Crippen LogP contribution in [-0.4, -0.2) is 34.8 Å². The summed E-state index contributed by atoms with van der Waals surface area (Å²) in [5.41, 5.74) is -0.243. The Labute approximate surface area is 170 Å². The van der Waals surface area contributed by atoms with Gasteiger partial charge < -0.3 is 19.3 Å². The van der Waals surface area contributed by atoms with Crippen LogP contribution in [0.5, 0.6) is 17.4 Å². The zero-order chi connectivity index (χ0) is 21.6. The lowest BCUT2D eigenvalue weighted by Crippen LogP contribution is -2.32. The molecule has 0 radical (unpaired) electrons. The van der Waals surface area contributed by atoms with Crippen molar-refractivity contribution < 1.29 is 24.1 Å².